The third-order valence-electron chi connectivity index (χ3n) is 8.71. The lowest BCUT2D eigenvalue weighted by Crippen LogP contribution is -2.50. The van der Waals surface area contributed by atoms with E-state index in [0.717, 1.165) is 46.5 Å². The summed E-state index contributed by atoms with van der Waals surface area (Å²) in [6, 6.07) is 17.0. The quantitative estimate of drug-likeness (QED) is 0.181. The Bertz CT molecular complexity index is 2300. The fourth-order valence-electron chi connectivity index (χ4n) is 6.07. The van der Waals surface area contributed by atoms with Gasteiger partial charge >= 0.3 is 0 Å². The number of hydrogen-bond acceptors (Lipinski definition) is 9. The average Bonchev–Trinajstić information content (AvgIpc) is 3.76. The highest BCUT2D eigenvalue weighted by Crippen LogP contribution is 2.39. The predicted molar refractivity (Wildman–Crippen MR) is 185 cm³/mol. The van der Waals surface area contributed by atoms with Crippen molar-refractivity contribution in [2.45, 2.75) is 19.1 Å². The zero-order chi connectivity index (χ0) is 34.4. The Kier molecular flexibility index (Phi) is 8.31. The molecule has 0 unspecified atom stereocenters. The van der Waals surface area contributed by atoms with Gasteiger partial charge in [0.25, 0.3) is 11.5 Å². The SMILES string of the molecule is COC1CN(Cc2ccc(-c3cc4nccc(Oc5ccc(NC(=O)c6c7c(cn(-c8ccc(F)cc8)c6=O)CCO7)cc5F)c4s3)nc2)C1. The molecule has 6 aromatic rings. The molecule has 13 heteroatoms. The minimum absolute atomic E-state index is 0.0581. The molecule has 2 aliphatic rings. The first-order chi connectivity index (χ1) is 24.3. The van der Waals surface area contributed by atoms with Crippen molar-refractivity contribution in [2.75, 3.05) is 32.1 Å². The molecule has 4 aromatic heterocycles. The van der Waals surface area contributed by atoms with Crippen LogP contribution in [0, 0.1) is 11.6 Å². The Morgan fingerprint density at radius 1 is 1.04 bits per heavy atom. The van der Waals surface area contributed by atoms with Gasteiger partial charge < -0.3 is 19.5 Å². The van der Waals surface area contributed by atoms with Crippen molar-refractivity contribution < 1.29 is 27.8 Å². The smallest absolute Gasteiger partial charge is 0.271 e. The van der Waals surface area contributed by atoms with Crippen molar-refractivity contribution >= 4 is 33.1 Å². The summed E-state index contributed by atoms with van der Waals surface area (Å²) in [5.41, 5.74) is 2.89. The summed E-state index contributed by atoms with van der Waals surface area (Å²) < 4.78 is 48.0. The van der Waals surface area contributed by atoms with E-state index in [2.05, 4.69) is 26.3 Å². The summed E-state index contributed by atoms with van der Waals surface area (Å²) in [5, 5.41) is 2.61. The standard InChI is InChI=1S/C37H29F2N5O5S/c1-47-26-19-43(20-26)17-21-2-8-28(41-16-21)32-15-29-35(50-32)31(10-12-40-29)49-30-9-5-24(14-27(30)39)42-36(45)33-34-22(11-13-48-34)18-44(37(33)46)25-6-3-23(38)4-7-25/h2-10,12,14-16,18,26H,11,13,17,19-20H2,1H3,(H,42,45). The second-order valence-corrected chi connectivity index (χ2v) is 13.1. The minimum atomic E-state index is -0.762. The number of pyridine rings is 3. The van der Waals surface area contributed by atoms with Crippen molar-refractivity contribution in [1.82, 2.24) is 19.4 Å². The molecule has 0 bridgehead atoms. The number of carbonyl (C=O) groups is 1. The summed E-state index contributed by atoms with van der Waals surface area (Å²) in [4.78, 5) is 39.3. The van der Waals surface area contributed by atoms with E-state index in [-0.39, 0.29) is 22.7 Å². The first-order valence-electron chi connectivity index (χ1n) is 15.9. The number of hydrogen-bond donors (Lipinski definition) is 1. The molecule has 50 heavy (non-hydrogen) atoms. The third kappa shape index (κ3) is 6.10. The van der Waals surface area contributed by atoms with E-state index in [1.807, 2.05) is 18.3 Å². The lowest BCUT2D eigenvalue weighted by molar-refractivity contribution is -0.0334. The van der Waals surface area contributed by atoms with Crippen LogP contribution >= 0.6 is 11.3 Å². The van der Waals surface area contributed by atoms with Crippen molar-refractivity contribution in [3.05, 3.63) is 124 Å². The number of likely N-dealkylation sites (tertiary alicyclic amines) is 1. The van der Waals surface area contributed by atoms with E-state index in [1.54, 1.807) is 25.6 Å². The second-order valence-electron chi connectivity index (χ2n) is 12.0. The van der Waals surface area contributed by atoms with E-state index in [0.29, 0.717) is 41.6 Å². The number of halogens is 2. The van der Waals surface area contributed by atoms with Crippen molar-refractivity contribution in [3.8, 4) is 33.5 Å². The minimum Gasteiger partial charge on any atom is -0.492 e. The van der Waals surface area contributed by atoms with Crippen LogP contribution in [0.2, 0.25) is 0 Å². The summed E-state index contributed by atoms with van der Waals surface area (Å²) in [6.07, 6.45) is 5.84. The van der Waals surface area contributed by atoms with Crippen LogP contribution in [0.15, 0.2) is 90.1 Å². The maximum Gasteiger partial charge on any atom is 0.271 e. The number of amides is 1. The number of aromatic nitrogens is 3. The zero-order valence-electron chi connectivity index (χ0n) is 26.7. The molecule has 10 nitrogen and oxygen atoms in total. The number of nitrogens with one attached hydrogen (secondary N) is 1. The molecule has 1 N–H and O–H groups in total. The topological polar surface area (TPSA) is 108 Å². The number of anilines is 1. The summed E-state index contributed by atoms with van der Waals surface area (Å²) in [7, 11) is 1.73. The van der Waals surface area contributed by atoms with E-state index >= 15 is 4.39 Å². The van der Waals surface area contributed by atoms with E-state index in [1.165, 1.54) is 52.3 Å². The average molecular weight is 694 g/mol. The van der Waals surface area contributed by atoms with Crippen LogP contribution in [-0.2, 0) is 17.7 Å². The first kappa shape index (κ1) is 31.7. The van der Waals surface area contributed by atoms with Gasteiger partial charge in [0.1, 0.15) is 22.9 Å². The Morgan fingerprint density at radius 2 is 1.88 bits per heavy atom. The van der Waals surface area contributed by atoms with Crippen LogP contribution < -0.4 is 20.3 Å². The number of ether oxygens (including phenoxy) is 3. The van der Waals surface area contributed by atoms with Crippen molar-refractivity contribution in [1.29, 1.82) is 0 Å². The van der Waals surface area contributed by atoms with Crippen LogP contribution in [0.3, 0.4) is 0 Å². The molecule has 2 aliphatic heterocycles. The molecule has 0 radical (unpaired) electrons. The number of thiophene rings is 1. The molecule has 8 rings (SSSR count). The van der Waals surface area contributed by atoms with Gasteiger partial charge in [0.15, 0.2) is 11.6 Å². The first-order valence-corrected chi connectivity index (χ1v) is 16.7. The summed E-state index contributed by atoms with van der Waals surface area (Å²) >= 11 is 1.44. The number of nitrogens with zero attached hydrogens (tertiary/aromatic N) is 4. The molecular weight excluding hydrogens is 665 g/mol. The largest absolute Gasteiger partial charge is 0.492 e. The zero-order valence-corrected chi connectivity index (χ0v) is 27.5. The van der Waals surface area contributed by atoms with E-state index in [4.69, 9.17) is 14.2 Å². The Labute approximate surface area is 288 Å². The highest BCUT2D eigenvalue weighted by atomic mass is 32.1. The number of methoxy groups -OCH3 is 1. The predicted octanol–water partition coefficient (Wildman–Crippen LogP) is 6.60. The lowest BCUT2D eigenvalue weighted by Gasteiger charge is -2.38. The molecule has 1 fully saturated rings. The summed E-state index contributed by atoms with van der Waals surface area (Å²) in [6.45, 7) is 2.93. The van der Waals surface area contributed by atoms with Crippen LogP contribution in [-0.4, -0.2) is 58.3 Å². The number of rotatable bonds is 9. The highest BCUT2D eigenvalue weighted by Gasteiger charge is 2.28. The van der Waals surface area contributed by atoms with Gasteiger partial charge in [-0.1, -0.05) is 6.07 Å². The van der Waals surface area contributed by atoms with Crippen LogP contribution in [0.1, 0.15) is 21.5 Å². The van der Waals surface area contributed by atoms with Gasteiger partial charge in [0.05, 0.1) is 33.5 Å². The van der Waals surface area contributed by atoms with Crippen molar-refractivity contribution in [3.63, 3.8) is 0 Å². The van der Waals surface area contributed by atoms with Gasteiger partial charge in [0, 0.05) is 80.8 Å². The lowest BCUT2D eigenvalue weighted by atomic mass is 10.1. The number of carbonyl (C=O) groups excluding carboxylic acids is 1. The van der Waals surface area contributed by atoms with Crippen molar-refractivity contribution in [2.24, 2.45) is 0 Å². The molecule has 0 atom stereocenters. The van der Waals surface area contributed by atoms with Gasteiger partial charge in [-0.3, -0.25) is 29.0 Å². The molecule has 252 valence electrons. The number of fused-ring (bicyclic) bond motifs is 2. The van der Waals surface area contributed by atoms with Gasteiger partial charge in [-0.25, -0.2) is 8.78 Å². The normalized spacial score (nSPS) is 14.3. The molecule has 0 aliphatic carbocycles. The van der Waals surface area contributed by atoms with Gasteiger partial charge in [-0.2, -0.15) is 0 Å². The molecule has 1 amide bonds. The van der Waals surface area contributed by atoms with E-state index in [9.17, 15) is 14.0 Å². The van der Waals surface area contributed by atoms with Crippen LogP contribution in [0.5, 0.6) is 17.2 Å². The number of benzene rings is 2. The summed E-state index contributed by atoms with van der Waals surface area (Å²) in [5.74, 6) is -1.40. The van der Waals surface area contributed by atoms with Crippen LogP contribution in [0.25, 0.3) is 26.5 Å². The fraction of sp³-hybridized carbons (Fsp3) is 0.189. The van der Waals surface area contributed by atoms with Crippen LogP contribution in [0.4, 0.5) is 14.5 Å². The molecule has 0 spiro atoms. The molecule has 2 aromatic carbocycles. The van der Waals surface area contributed by atoms with Gasteiger partial charge in [-0.15, -0.1) is 11.3 Å². The monoisotopic (exact) mass is 693 g/mol. The fourth-order valence-corrected chi connectivity index (χ4v) is 7.11. The molecular formula is C37H29F2N5O5S. The molecule has 6 heterocycles. The Morgan fingerprint density at radius 3 is 2.64 bits per heavy atom. The van der Waals surface area contributed by atoms with Gasteiger partial charge in [-0.05, 0) is 54.1 Å². The van der Waals surface area contributed by atoms with E-state index < -0.39 is 23.1 Å². The maximum absolute atomic E-state index is 15.4. The molecule has 0 saturated carbocycles. The maximum atomic E-state index is 15.4. The second kappa shape index (κ2) is 13.1. The third-order valence-corrected chi connectivity index (χ3v) is 9.87. The van der Waals surface area contributed by atoms with Gasteiger partial charge in [0.2, 0.25) is 0 Å². The molecule has 1 saturated heterocycles. The Balaban J connectivity index is 0.997. The Hall–Kier alpha value is -5.50. The highest BCUT2D eigenvalue weighted by molar-refractivity contribution is 7.22.